The normalized spacial score (nSPS) is 18.9. The lowest BCUT2D eigenvalue weighted by Crippen LogP contribution is -2.35. The van der Waals surface area contributed by atoms with Gasteiger partial charge in [-0.05, 0) is 42.0 Å². The first-order valence-electron chi connectivity index (χ1n) is 9.33. The van der Waals surface area contributed by atoms with E-state index in [1.54, 1.807) is 0 Å². The molecule has 0 saturated carbocycles. The zero-order valence-corrected chi connectivity index (χ0v) is 16.3. The van der Waals surface area contributed by atoms with Crippen LogP contribution in [0.3, 0.4) is 0 Å². The van der Waals surface area contributed by atoms with Crippen LogP contribution in [0, 0.1) is 5.82 Å². The summed E-state index contributed by atoms with van der Waals surface area (Å²) in [5, 5.41) is 0. The quantitative estimate of drug-likeness (QED) is 0.780. The van der Waals surface area contributed by atoms with Gasteiger partial charge in [0.05, 0.1) is 18.1 Å². The van der Waals surface area contributed by atoms with Crippen molar-refractivity contribution in [2.24, 2.45) is 0 Å². The van der Waals surface area contributed by atoms with E-state index in [4.69, 9.17) is 9.47 Å². The maximum atomic E-state index is 13.2. The van der Waals surface area contributed by atoms with Crippen molar-refractivity contribution in [3.8, 4) is 5.75 Å². The molecule has 2 heterocycles. The summed E-state index contributed by atoms with van der Waals surface area (Å²) in [6.07, 6.45) is 0. The Hall–Kier alpha value is -2.00. The van der Waals surface area contributed by atoms with E-state index >= 15 is 0 Å². The van der Waals surface area contributed by atoms with Gasteiger partial charge in [0.15, 0.2) is 0 Å². The monoisotopic (exact) mass is 406 g/mol. The lowest BCUT2D eigenvalue weighted by Gasteiger charge is -2.27. The highest BCUT2D eigenvalue weighted by atomic mass is 32.2. The molecule has 2 aromatic rings. The van der Waals surface area contributed by atoms with E-state index in [1.807, 2.05) is 18.2 Å². The minimum Gasteiger partial charge on any atom is -0.492 e. The van der Waals surface area contributed by atoms with Gasteiger partial charge in [0.1, 0.15) is 18.2 Å². The molecule has 0 amide bonds. The number of halogens is 1. The summed E-state index contributed by atoms with van der Waals surface area (Å²) in [5.41, 5.74) is 1.96. The average molecular weight is 406 g/mol. The van der Waals surface area contributed by atoms with E-state index in [0.717, 1.165) is 56.1 Å². The average Bonchev–Trinajstić information content (AvgIpc) is 2.92. The summed E-state index contributed by atoms with van der Waals surface area (Å²) in [7, 11) is -3.73. The second-order valence-electron chi connectivity index (χ2n) is 6.97. The molecule has 0 bridgehead atoms. The standard InChI is InChI=1S/C20H23FN2O4S/c21-18-2-4-19(5-3-18)28(24,25)23-9-12-27-20-6-1-16(13-17(20)15-23)14-22-7-10-26-11-8-22/h1-6,13H,7-12,14-15H2. The fraction of sp³-hybridized carbons (Fsp3) is 0.400. The number of benzene rings is 2. The van der Waals surface area contributed by atoms with Gasteiger partial charge < -0.3 is 9.47 Å². The third-order valence-electron chi connectivity index (χ3n) is 5.03. The lowest BCUT2D eigenvalue weighted by molar-refractivity contribution is 0.0342. The van der Waals surface area contributed by atoms with Gasteiger partial charge in [-0.15, -0.1) is 0 Å². The Labute approximate surface area is 164 Å². The van der Waals surface area contributed by atoms with Crippen molar-refractivity contribution in [1.82, 2.24) is 9.21 Å². The van der Waals surface area contributed by atoms with Crippen LogP contribution in [0.15, 0.2) is 47.4 Å². The molecular weight excluding hydrogens is 383 g/mol. The van der Waals surface area contributed by atoms with E-state index in [2.05, 4.69) is 4.90 Å². The minimum absolute atomic E-state index is 0.0850. The zero-order valence-electron chi connectivity index (χ0n) is 15.5. The van der Waals surface area contributed by atoms with Crippen LogP contribution in [-0.2, 0) is 27.8 Å². The number of morpholine rings is 1. The van der Waals surface area contributed by atoms with Crippen molar-refractivity contribution in [2.45, 2.75) is 18.0 Å². The summed E-state index contributed by atoms with van der Waals surface area (Å²) in [6.45, 7) is 4.78. The number of rotatable bonds is 4. The van der Waals surface area contributed by atoms with Gasteiger partial charge in [0.2, 0.25) is 10.0 Å². The SMILES string of the molecule is O=S(=O)(c1ccc(F)cc1)N1CCOc2ccc(CN3CCOCC3)cc2C1. The first-order valence-corrected chi connectivity index (χ1v) is 10.8. The Morgan fingerprint density at radius 1 is 0.964 bits per heavy atom. The molecule has 0 N–H and O–H groups in total. The molecule has 2 aliphatic rings. The summed E-state index contributed by atoms with van der Waals surface area (Å²) in [5.74, 6) is 0.249. The molecule has 0 spiro atoms. The minimum atomic E-state index is -3.73. The number of nitrogens with zero attached hydrogens (tertiary/aromatic N) is 2. The maximum Gasteiger partial charge on any atom is 0.243 e. The van der Waals surface area contributed by atoms with Crippen molar-refractivity contribution < 1.29 is 22.3 Å². The Bertz CT molecular complexity index is 928. The number of hydrogen-bond acceptors (Lipinski definition) is 5. The first-order chi connectivity index (χ1) is 13.5. The molecule has 1 saturated heterocycles. The van der Waals surface area contributed by atoms with Crippen LogP contribution in [0.25, 0.3) is 0 Å². The van der Waals surface area contributed by atoms with E-state index in [-0.39, 0.29) is 24.6 Å². The van der Waals surface area contributed by atoms with Gasteiger partial charge in [0, 0.05) is 38.3 Å². The van der Waals surface area contributed by atoms with Gasteiger partial charge in [0.25, 0.3) is 0 Å². The van der Waals surface area contributed by atoms with E-state index in [1.165, 1.54) is 16.4 Å². The second kappa shape index (κ2) is 8.16. The Balaban J connectivity index is 1.56. The van der Waals surface area contributed by atoms with Gasteiger partial charge >= 0.3 is 0 Å². The van der Waals surface area contributed by atoms with Crippen molar-refractivity contribution in [1.29, 1.82) is 0 Å². The number of sulfonamides is 1. The molecule has 4 rings (SSSR count). The van der Waals surface area contributed by atoms with Crippen LogP contribution >= 0.6 is 0 Å². The van der Waals surface area contributed by atoms with Crippen molar-refractivity contribution in [2.75, 3.05) is 39.5 Å². The molecule has 28 heavy (non-hydrogen) atoms. The van der Waals surface area contributed by atoms with E-state index in [9.17, 15) is 12.8 Å². The summed E-state index contributed by atoms with van der Waals surface area (Å²) < 4.78 is 51.7. The third-order valence-corrected chi connectivity index (χ3v) is 6.89. The Morgan fingerprint density at radius 3 is 2.46 bits per heavy atom. The van der Waals surface area contributed by atoms with Crippen molar-refractivity contribution >= 4 is 10.0 Å². The molecule has 1 fully saturated rings. The van der Waals surface area contributed by atoms with E-state index in [0.29, 0.717) is 5.75 Å². The molecule has 6 nitrogen and oxygen atoms in total. The van der Waals surface area contributed by atoms with Crippen LogP contribution in [0.5, 0.6) is 5.75 Å². The predicted octanol–water partition coefficient (Wildman–Crippen LogP) is 2.24. The highest BCUT2D eigenvalue weighted by Gasteiger charge is 2.28. The first kappa shape index (κ1) is 19.3. The van der Waals surface area contributed by atoms with Crippen LogP contribution in [0.1, 0.15) is 11.1 Å². The third kappa shape index (κ3) is 4.20. The summed E-state index contributed by atoms with van der Waals surface area (Å²) in [4.78, 5) is 2.40. The fourth-order valence-corrected chi connectivity index (χ4v) is 4.90. The molecular formula is C20H23FN2O4S. The van der Waals surface area contributed by atoms with Crippen LogP contribution in [-0.4, -0.2) is 57.1 Å². The smallest absolute Gasteiger partial charge is 0.243 e. The molecule has 2 aromatic carbocycles. The molecule has 0 unspecified atom stereocenters. The van der Waals surface area contributed by atoms with Gasteiger partial charge in [-0.25, -0.2) is 12.8 Å². The van der Waals surface area contributed by atoms with E-state index < -0.39 is 15.8 Å². The van der Waals surface area contributed by atoms with Crippen LogP contribution < -0.4 is 4.74 Å². The molecule has 0 atom stereocenters. The lowest BCUT2D eigenvalue weighted by atomic mass is 10.1. The van der Waals surface area contributed by atoms with Gasteiger partial charge in [-0.2, -0.15) is 4.31 Å². The topological polar surface area (TPSA) is 59.1 Å². The predicted molar refractivity (Wildman–Crippen MR) is 102 cm³/mol. The Kier molecular flexibility index (Phi) is 5.63. The Morgan fingerprint density at radius 2 is 1.71 bits per heavy atom. The van der Waals surface area contributed by atoms with Gasteiger partial charge in [-0.1, -0.05) is 6.07 Å². The molecule has 8 heteroatoms. The number of fused-ring (bicyclic) bond motifs is 1. The molecule has 0 aromatic heterocycles. The largest absolute Gasteiger partial charge is 0.492 e. The van der Waals surface area contributed by atoms with Crippen LogP contribution in [0.4, 0.5) is 4.39 Å². The maximum absolute atomic E-state index is 13.2. The van der Waals surface area contributed by atoms with Crippen molar-refractivity contribution in [3.63, 3.8) is 0 Å². The fourth-order valence-electron chi connectivity index (χ4n) is 3.50. The molecule has 2 aliphatic heterocycles. The van der Waals surface area contributed by atoms with Crippen LogP contribution in [0.2, 0.25) is 0 Å². The number of ether oxygens (including phenoxy) is 2. The highest BCUT2D eigenvalue weighted by Crippen LogP contribution is 2.28. The number of hydrogen-bond donors (Lipinski definition) is 0. The molecule has 0 aliphatic carbocycles. The zero-order chi connectivity index (χ0) is 19.6. The summed E-state index contributed by atoms with van der Waals surface area (Å²) in [6, 6.07) is 10.9. The highest BCUT2D eigenvalue weighted by molar-refractivity contribution is 7.89. The molecule has 150 valence electrons. The van der Waals surface area contributed by atoms with Crippen molar-refractivity contribution in [3.05, 3.63) is 59.4 Å². The van der Waals surface area contributed by atoms with Gasteiger partial charge in [-0.3, -0.25) is 4.90 Å². The second-order valence-corrected chi connectivity index (χ2v) is 8.91. The summed E-state index contributed by atoms with van der Waals surface area (Å²) >= 11 is 0. The molecule has 0 radical (unpaired) electrons.